The molecule has 2 rings (SSSR count). The summed E-state index contributed by atoms with van der Waals surface area (Å²) >= 11 is 0. The molecule has 0 aliphatic carbocycles. The van der Waals surface area contributed by atoms with E-state index in [-0.39, 0.29) is 11.7 Å². The first kappa shape index (κ1) is 16.4. The number of likely N-dealkylation sites (N-methyl/N-ethyl adjacent to an activating group) is 1. The second kappa shape index (κ2) is 7.35. The summed E-state index contributed by atoms with van der Waals surface area (Å²) in [4.78, 5) is 27.8. The smallest absolute Gasteiger partial charge is 0.406 e. The van der Waals surface area contributed by atoms with Gasteiger partial charge in [-0.2, -0.15) is 0 Å². The fraction of sp³-hybridized carbons (Fsp3) is 0.250. The van der Waals surface area contributed by atoms with E-state index in [1.165, 1.54) is 23.2 Å². The number of carbonyl (C=O) groups excluding carboxylic acids is 1. The number of carbonyl (C=O) groups is 1. The van der Waals surface area contributed by atoms with Crippen molar-refractivity contribution in [3.63, 3.8) is 0 Å². The zero-order chi connectivity index (χ0) is 16.8. The summed E-state index contributed by atoms with van der Waals surface area (Å²) in [5.74, 6) is -0.698. The molecule has 1 heterocycles. The molecule has 120 valence electrons. The Morgan fingerprint density at radius 2 is 2.00 bits per heavy atom. The van der Waals surface area contributed by atoms with E-state index in [0.717, 1.165) is 5.56 Å². The summed E-state index contributed by atoms with van der Waals surface area (Å²) < 4.78 is 5.43. The Morgan fingerprint density at radius 1 is 1.30 bits per heavy atom. The molecule has 1 aromatic heterocycles. The molecule has 0 aliphatic rings. The highest BCUT2D eigenvalue weighted by Gasteiger charge is 2.24. The van der Waals surface area contributed by atoms with Gasteiger partial charge in [0.2, 0.25) is 5.75 Å². The first-order chi connectivity index (χ1) is 11.0. The van der Waals surface area contributed by atoms with Crippen LogP contribution in [0.4, 0.5) is 5.82 Å². The van der Waals surface area contributed by atoms with E-state index in [9.17, 15) is 14.9 Å². The van der Waals surface area contributed by atoms with Gasteiger partial charge in [0, 0.05) is 13.6 Å². The molecule has 0 saturated heterocycles. The van der Waals surface area contributed by atoms with Crippen LogP contribution in [0.5, 0.6) is 5.75 Å². The Bertz CT molecular complexity index is 691. The number of benzene rings is 1. The first-order valence-electron chi connectivity index (χ1n) is 7.04. The van der Waals surface area contributed by atoms with E-state index < -0.39 is 16.8 Å². The normalized spacial score (nSPS) is 11.6. The van der Waals surface area contributed by atoms with Crippen molar-refractivity contribution in [2.75, 3.05) is 7.05 Å². The van der Waals surface area contributed by atoms with E-state index in [4.69, 9.17) is 4.74 Å². The van der Waals surface area contributed by atoms with Crippen molar-refractivity contribution >= 4 is 11.7 Å². The highest BCUT2D eigenvalue weighted by molar-refractivity contribution is 5.80. The van der Waals surface area contributed by atoms with E-state index in [2.05, 4.69) is 4.98 Å². The molecule has 0 saturated carbocycles. The second-order valence-corrected chi connectivity index (χ2v) is 5.02. The average Bonchev–Trinajstić information content (AvgIpc) is 2.55. The molecule has 1 unspecified atom stereocenters. The van der Waals surface area contributed by atoms with Gasteiger partial charge in [0.25, 0.3) is 5.91 Å². The molecule has 7 nitrogen and oxygen atoms in total. The highest BCUT2D eigenvalue weighted by Crippen LogP contribution is 2.24. The SMILES string of the molecule is CC(Oc1cccnc1[N+](=O)[O-])C(=O)N(C)Cc1ccccc1. The lowest BCUT2D eigenvalue weighted by molar-refractivity contribution is -0.390. The number of pyridine rings is 1. The summed E-state index contributed by atoms with van der Waals surface area (Å²) in [5, 5.41) is 10.9. The van der Waals surface area contributed by atoms with E-state index in [1.807, 2.05) is 30.3 Å². The standard InChI is InChI=1S/C16H17N3O4/c1-12(23-14-9-6-10-17-15(14)19(21)22)16(20)18(2)11-13-7-4-3-5-8-13/h3-10,12H,11H2,1-2H3. The maximum atomic E-state index is 12.3. The van der Waals surface area contributed by atoms with Crippen LogP contribution in [0.3, 0.4) is 0 Å². The van der Waals surface area contributed by atoms with Gasteiger partial charge in [-0.3, -0.25) is 4.79 Å². The molecule has 1 amide bonds. The predicted molar refractivity (Wildman–Crippen MR) is 83.9 cm³/mol. The Labute approximate surface area is 133 Å². The molecule has 0 spiro atoms. The molecular weight excluding hydrogens is 298 g/mol. The molecule has 0 aliphatic heterocycles. The van der Waals surface area contributed by atoms with Crippen LogP contribution in [0.1, 0.15) is 12.5 Å². The Hall–Kier alpha value is -2.96. The second-order valence-electron chi connectivity index (χ2n) is 5.02. The lowest BCUT2D eigenvalue weighted by Gasteiger charge is -2.22. The quantitative estimate of drug-likeness (QED) is 0.603. The highest BCUT2D eigenvalue weighted by atomic mass is 16.6. The Kier molecular flexibility index (Phi) is 5.24. The molecule has 0 fully saturated rings. The van der Waals surface area contributed by atoms with Gasteiger partial charge in [0.15, 0.2) is 6.10 Å². The monoisotopic (exact) mass is 315 g/mol. The summed E-state index contributed by atoms with van der Waals surface area (Å²) in [6.45, 7) is 1.99. The van der Waals surface area contributed by atoms with Gasteiger partial charge in [-0.25, -0.2) is 0 Å². The van der Waals surface area contributed by atoms with Crippen molar-refractivity contribution in [1.82, 2.24) is 9.88 Å². The van der Waals surface area contributed by atoms with Crippen LogP contribution >= 0.6 is 0 Å². The number of aromatic nitrogens is 1. The number of rotatable bonds is 6. The molecule has 23 heavy (non-hydrogen) atoms. The molecule has 0 radical (unpaired) electrons. The molecule has 7 heteroatoms. The van der Waals surface area contributed by atoms with Gasteiger partial charge in [-0.15, -0.1) is 0 Å². The van der Waals surface area contributed by atoms with Crippen molar-refractivity contribution in [3.8, 4) is 5.75 Å². The maximum absolute atomic E-state index is 12.3. The number of ether oxygens (including phenoxy) is 1. The fourth-order valence-electron chi connectivity index (χ4n) is 2.10. The third kappa shape index (κ3) is 4.26. The minimum absolute atomic E-state index is 0.0218. The molecule has 1 aromatic carbocycles. The zero-order valence-corrected chi connectivity index (χ0v) is 12.9. The lowest BCUT2D eigenvalue weighted by atomic mass is 10.2. The van der Waals surface area contributed by atoms with Crippen LogP contribution in [0.25, 0.3) is 0 Å². The minimum Gasteiger partial charge on any atom is -0.473 e. The summed E-state index contributed by atoms with van der Waals surface area (Å²) in [7, 11) is 1.66. The van der Waals surface area contributed by atoms with Crippen LogP contribution in [0.2, 0.25) is 0 Å². The minimum atomic E-state index is -0.855. The van der Waals surface area contributed by atoms with Gasteiger partial charge >= 0.3 is 5.82 Å². The molecular formula is C16H17N3O4. The lowest BCUT2D eigenvalue weighted by Crippen LogP contribution is -2.37. The van der Waals surface area contributed by atoms with Gasteiger partial charge in [-0.1, -0.05) is 30.3 Å². The van der Waals surface area contributed by atoms with Crippen LogP contribution in [-0.4, -0.2) is 33.9 Å². The van der Waals surface area contributed by atoms with Crippen molar-refractivity contribution < 1.29 is 14.5 Å². The van der Waals surface area contributed by atoms with Crippen LogP contribution in [0.15, 0.2) is 48.7 Å². The Balaban J connectivity index is 2.04. The summed E-state index contributed by atoms with van der Waals surface area (Å²) in [5.41, 5.74) is 0.989. The third-order valence-electron chi connectivity index (χ3n) is 3.21. The van der Waals surface area contributed by atoms with Gasteiger partial charge < -0.3 is 19.8 Å². The number of amides is 1. The fourth-order valence-corrected chi connectivity index (χ4v) is 2.10. The van der Waals surface area contributed by atoms with Gasteiger partial charge in [0.05, 0.1) is 0 Å². The maximum Gasteiger partial charge on any atom is 0.406 e. The van der Waals surface area contributed by atoms with E-state index in [1.54, 1.807) is 14.0 Å². The summed E-state index contributed by atoms with van der Waals surface area (Å²) in [6, 6.07) is 12.5. The predicted octanol–water partition coefficient (Wildman–Crippen LogP) is 2.42. The topological polar surface area (TPSA) is 85.6 Å². The van der Waals surface area contributed by atoms with Crippen molar-refractivity contribution in [3.05, 3.63) is 64.3 Å². The van der Waals surface area contributed by atoms with Crippen molar-refractivity contribution in [1.29, 1.82) is 0 Å². The number of hydrogen-bond acceptors (Lipinski definition) is 5. The largest absolute Gasteiger partial charge is 0.473 e. The number of nitro groups is 1. The van der Waals surface area contributed by atoms with E-state index >= 15 is 0 Å². The summed E-state index contributed by atoms with van der Waals surface area (Å²) in [6.07, 6.45) is 0.450. The zero-order valence-electron chi connectivity index (χ0n) is 12.9. The van der Waals surface area contributed by atoms with E-state index in [0.29, 0.717) is 6.54 Å². The molecule has 1 atom stereocenters. The van der Waals surface area contributed by atoms with Crippen molar-refractivity contribution in [2.45, 2.75) is 19.6 Å². The van der Waals surface area contributed by atoms with Crippen LogP contribution in [-0.2, 0) is 11.3 Å². The van der Waals surface area contributed by atoms with Crippen molar-refractivity contribution in [2.24, 2.45) is 0 Å². The Morgan fingerprint density at radius 3 is 2.65 bits per heavy atom. The third-order valence-corrected chi connectivity index (χ3v) is 3.21. The molecule has 0 N–H and O–H groups in total. The van der Waals surface area contributed by atoms with Gasteiger partial charge in [0.1, 0.15) is 6.20 Å². The molecule has 2 aromatic rings. The van der Waals surface area contributed by atoms with Gasteiger partial charge in [-0.05, 0) is 34.5 Å². The number of nitrogens with zero attached hydrogens (tertiary/aromatic N) is 3. The first-order valence-corrected chi connectivity index (χ1v) is 7.04. The number of hydrogen-bond donors (Lipinski definition) is 0. The van der Waals surface area contributed by atoms with Crippen LogP contribution in [0, 0.1) is 10.1 Å². The molecule has 0 bridgehead atoms. The van der Waals surface area contributed by atoms with Crippen LogP contribution < -0.4 is 4.74 Å². The average molecular weight is 315 g/mol.